The Morgan fingerprint density at radius 2 is 1.00 bits per heavy atom. The van der Waals surface area contributed by atoms with Crippen molar-refractivity contribution in [3.05, 3.63) is 0 Å². The van der Waals surface area contributed by atoms with E-state index in [2.05, 4.69) is 0 Å². The summed E-state index contributed by atoms with van der Waals surface area (Å²) < 4.78 is 0. The molecule has 0 nitrogen and oxygen atoms in total. The van der Waals surface area contributed by atoms with Gasteiger partial charge in [-0.15, -0.1) is 0 Å². The van der Waals surface area contributed by atoms with Gasteiger partial charge in [0.25, 0.3) is 0 Å². The van der Waals surface area contributed by atoms with E-state index in [9.17, 15) is 0 Å². The van der Waals surface area contributed by atoms with Crippen molar-refractivity contribution in [3.8, 4) is 0 Å². The quantitative estimate of drug-likeness (QED) is 0.364. The van der Waals surface area contributed by atoms with Crippen molar-refractivity contribution in [2.45, 2.75) is 0 Å². The van der Waals surface area contributed by atoms with Gasteiger partial charge in [0.2, 0.25) is 0 Å². The van der Waals surface area contributed by atoms with Crippen molar-refractivity contribution in [3.63, 3.8) is 0 Å². The molecule has 0 aromatic heterocycles. The van der Waals surface area contributed by atoms with E-state index in [-0.39, 0.29) is 85.3 Å². The molecule has 0 N–H and O–H groups in total. The monoisotopic (exact) mass is 126 g/mol. The molecule has 0 aromatic carbocycles. The third kappa shape index (κ3) is 8.82. The maximum atomic E-state index is 0. The molecule has 0 amide bonds. The van der Waals surface area contributed by atoms with Gasteiger partial charge < -0.3 is 0 Å². The van der Waals surface area contributed by atoms with Gasteiger partial charge in [-0.1, -0.05) is 0 Å². The zero-order chi connectivity index (χ0) is 0. The van der Waals surface area contributed by atoms with E-state index in [0.29, 0.717) is 0 Å². The van der Waals surface area contributed by atoms with Crippen LogP contribution < -0.4 is 0 Å². The van der Waals surface area contributed by atoms with Crippen molar-refractivity contribution in [1.82, 2.24) is 0 Å². The summed E-state index contributed by atoms with van der Waals surface area (Å²) in [6, 6.07) is 0. The average Bonchev–Trinajstić information content (AvgIpc) is 0. The zero-order valence-electron chi connectivity index (χ0n) is 2.41. The summed E-state index contributed by atoms with van der Waals surface area (Å²) in [6.45, 7) is 0. The summed E-state index contributed by atoms with van der Waals surface area (Å²) in [5.41, 5.74) is 0. The fourth-order valence-corrected chi connectivity index (χ4v) is 0. The predicted molar refractivity (Wildman–Crippen MR) is 27.6 cm³/mol. The van der Waals surface area contributed by atoms with Crippen molar-refractivity contribution < 1.29 is 0 Å². The Balaban J connectivity index is 0. The molecular formula is H2CaMgSSi. The summed E-state index contributed by atoms with van der Waals surface area (Å²) in [7, 11) is 0. The summed E-state index contributed by atoms with van der Waals surface area (Å²) in [4.78, 5) is 0. The number of hydrogen-bond acceptors (Lipinski definition) is 0. The fourth-order valence-electron chi connectivity index (χ4n) is 0. The van der Waals surface area contributed by atoms with Gasteiger partial charge in [-0.05, 0) is 0 Å². The Morgan fingerprint density at radius 3 is 1.00 bits per heavy atom. The zero-order valence-corrected chi connectivity index (χ0v) is 8.04. The Labute approximate surface area is 83.7 Å². The average molecular weight is 127 g/mol. The molecular weight excluding hydrogens is 125 g/mol. The molecule has 0 fully saturated rings. The van der Waals surface area contributed by atoms with Crippen LogP contribution >= 0.6 is 13.5 Å². The van der Waals surface area contributed by atoms with Gasteiger partial charge in [-0.25, -0.2) is 0 Å². The summed E-state index contributed by atoms with van der Waals surface area (Å²) in [6.07, 6.45) is 0. The minimum atomic E-state index is 0. The van der Waals surface area contributed by atoms with Gasteiger partial charge in [-0.2, -0.15) is 13.5 Å². The van der Waals surface area contributed by atoms with E-state index in [0.717, 1.165) is 0 Å². The summed E-state index contributed by atoms with van der Waals surface area (Å²) in [5.74, 6) is 0. The van der Waals surface area contributed by atoms with Crippen LogP contribution in [-0.4, -0.2) is 71.8 Å². The topological polar surface area (TPSA) is 0 Å². The Bertz CT molecular complexity index is 8.00. The summed E-state index contributed by atoms with van der Waals surface area (Å²) >= 11 is 0. The van der Waals surface area contributed by atoms with Crippen LogP contribution in [-0.2, 0) is 0 Å². The fraction of sp³-hybridized carbons (Fsp3) is 0. The molecule has 0 unspecified atom stereocenters. The molecule has 0 saturated carbocycles. The maximum absolute atomic E-state index is 0. The second-order valence-corrected chi connectivity index (χ2v) is 0. The molecule has 0 aliphatic heterocycles. The van der Waals surface area contributed by atoms with E-state index >= 15 is 0 Å². The molecule has 16 valence electrons. The molecule has 0 atom stereocenters. The predicted octanol–water partition coefficient (Wildman–Crippen LogP) is -1.03. The Kier molecular flexibility index (Phi) is 135. The first-order valence-corrected chi connectivity index (χ1v) is 0. The maximum Gasteiger partial charge on any atom is 0 e. The molecule has 0 bridgehead atoms. The normalized spacial score (nSPS) is 0. The van der Waals surface area contributed by atoms with Crippen molar-refractivity contribution >= 4 is 85.3 Å². The van der Waals surface area contributed by atoms with Crippen LogP contribution in [0.15, 0.2) is 0 Å². The SMILES string of the molecule is S.[Ca].[Mg].[Si]. The van der Waals surface area contributed by atoms with Gasteiger partial charge in [0.05, 0.1) is 0 Å². The van der Waals surface area contributed by atoms with Gasteiger partial charge in [0.15, 0.2) is 0 Å². The molecule has 0 heterocycles. The number of hydrogen-bond donors (Lipinski definition) is 0. The standard InChI is InChI=1S/Ca.Mg.H2S.Si/h;;1H2;. The smallest absolute Gasteiger partial charge is 0 e. The molecule has 0 aliphatic carbocycles. The molecule has 0 aliphatic rings. The van der Waals surface area contributed by atoms with E-state index in [1.54, 1.807) is 0 Å². The van der Waals surface area contributed by atoms with Crippen LogP contribution in [0.2, 0.25) is 0 Å². The molecule has 4 heteroatoms. The number of rotatable bonds is 0. The van der Waals surface area contributed by atoms with E-state index in [4.69, 9.17) is 0 Å². The first-order valence-electron chi connectivity index (χ1n) is 0. The second kappa shape index (κ2) is 17.5. The molecule has 8 radical (unpaired) electrons. The molecule has 0 aromatic rings. The van der Waals surface area contributed by atoms with Crippen LogP contribution in [0.1, 0.15) is 0 Å². The Morgan fingerprint density at radius 1 is 1.00 bits per heavy atom. The van der Waals surface area contributed by atoms with Crippen molar-refractivity contribution in [2.24, 2.45) is 0 Å². The van der Waals surface area contributed by atoms with Crippen molar-refractivity contribution in [1.29, 1.82) is 0 Å². The van der Waals surface area contributed by atoms with E-state index < -0.39 is 0 Å². The van der Waals surface area contributed by atoms with Crippen LogP contribution in [0.5, 0.6) is 0 Å². The van der Waals surface area contributed by atoms with Crippen LogP contribution in [0.3, 0.4) is 0 Å². The third-order valence-electron chi connectivity index (χ3n) is 0. The summed E-state index contributed by atoms with van der Waals surface area (Å²) in [5, 5.41) is 0. The van der Waals surface area contributed by atoms with Gasteiger partial charge >= 0.3 is 0 Å². The van der Waals surface area contributed by atoms with Gasteiger partial charge in [-0.3, -0.25) is 0 Å². The Hall–Kier alpha value is 2.59. The van der Waals surface area contributed by atoms with Crippen LogP contribution in [0.25, 0.3) is 0 Å². The first kappa shape index (κ1) is 30.7. The second-order valence-electron chi connectivity index (χ2n) is 0. The minimum absolute atomic E-state index is 0. The minimum Gasteiger partial charge on any atom is -0.197 e. The largest absolute Gasteiger partial charge is 0.197 e. The first-order chi connectivity index (χ1) is 0. The third-order valence-corrected chi connectivity index (χ3v) is 0. The molecule has 0 saturated heterocycles. The van der Waals surface area contributed by atoms with Crippen LogP contribution in [0, 0.1) is 0 Å². The molecule has 0 rings (SSSR count). The van der Waals surface area contributed by atoms with E-state index in [1.165, 1.54) is 0 Å². The van der Waals surface area contributed by atoms with Crippen LogP contribution in [0.4, 0.5) is 0 Å². The molecule has 4 heavy (non-hydrogen) atoms. The van der Waals surface area contributed by atoms with E-state index in [1.807, 2.05) is 0 Å². The van der Waals surface area contributed by atoms with Crippen molar-refractivity contribution in [2.75, 3.05) is 0 Å². The van der Waals surface area contributed by atoms with Gasteiger partial charge in [0, 0.05) is 71.8 Å². The van der Waals surface area contributed by atoms with Gasteiger partial charge in [0.1, 0.15) is 0 Å². The molecule has 0 spiro atoms.